The van der Waals surface area contributed by atoms with Crippen LogP contribution in [-0.4, -0.2) is 31.7 Å². The fourth-order valence-corrected chi connectivity index (χ4v) is 3.86. The van der Waals surface area contributed by atoms with Gasteiger partial charge in [0.25, 0.3) is 0 Å². The normalized spacial score (nSPS) is 20.4. The summed E-state index contributed by atoms with van der Waals surface area (Å²) in [6.45, 7) is 2.27. The molecule has 1 aliphatic rings. The lowest BCUT2D eigenvalue weighted by Gasteiger charge is -2.33. The molecular weight excluding hydrogens is 407 g/mol. The number of aliphatic hydroxyl groups is 1. The van der Waals surface area contributed by atoms with Gasteiger partial charge < -0.3 is 15.7 Å². The molecule has 0 atom stereocenters. The fourth-order valence-electron chi connectivity index (χ4n) is 3.86. The van der Waals surface area contributed by atoms with Crippen molar-refractivity contribution in [3.05, 3.63) is 65.7 Å². The van der Waals surface area contributed by atoms with Crippen molar-refractivity contribution in [1.29, 1.82) is 5.26 Å². The van der Waals surface area contributed by atoms with Gasteiger partial charge >= 0.3 is 0 Å². The van der Waals surface area contributed by atoms with Crippen LogP contribution in [0.4, 0.5) is 16.2 Å². The third-order valence-corrected chi connectivity index (χ3v) is 5.76. The van der Waals surface area contributed by atoms with Crippen molar-refractivity contribution >= 4 is 11.8 Å². The molecule has 1 aliphatic carbocycles. The van der Waals surface area contributed by atoms with E-state index in [4.69, 9.17) is 0 Å². The summed E-state index contributed by atoms with van der Waals surface area (Å²) in [7, 11) is 0. The summed E-state index contributed by atoms with van der Waals surface area (Å²) in [6, 6.07) is 12.3. The number of hydrogen-bond donors (Lipinski definition) is 3. The molecule has 8 heteroatoms. The highest BCUT2D eigenvalue weighted by Gasteiger charge is 2.29. The predicted octanol–water partition coefficient (Wildman–Crippen LogP) is 4.27. The van der Waals surface area contributed by atoms with Gasteiger partial charge in [-0.05, 0) is 68.5 Å². The fraction of sp³-hybridized carbons (Fsp3) is 0.333. The van der Waals surface area contributed by atoms with E-state index in [2.05, 4.69) is 31.7 Å². The molecule has 1 saturated carbocycles. The van der Waals surface area contributed by atoms with E-state index in [1.165, 1.54) is 18.3 Å². The third kappa shape index (κ3) is 5.18. The Hall–Kier alpha value is -3.57. The number of nitriles is 1. The Morgan fingerprint density at radius 3 is 2.66 bits per heavy atom. The number of rotatable bonds is 6. The predicted molar refractivity (Wildman–Crippen MR) is 120 cm³/mol. The van der Waals surface area contributed by atoms with Gasteiger partial charge in [-0.1, -0.05) is 6.07 Å². The molecule has 0 aliphatic heterocycles. The van der Waals surface area contributed by atoms with Gasteiger partial charge in [-0.2, -0.15) is 10.2 Å². The molecule has 164 valence electrons. The van der Waals surface area contributed by atoms with Crippen LogP contribution in [0, 0.1) is 17.1 Å². The molecule has 0 radical (unpaired) electrons. The van der Waals surface area contributed by atoms with Crippen molar-refractivity contribution < 1.29 is 9.50 Å². The first-order valence-corrected chi connectivity index (χ1v) is 10.6. The number of nitrogens with one attached hydrogen (secondary N) is 2. The highest BCUT2D eigenvalue weighted by atomic mass is 19.1. The summed E-state index contributed by atoms with van der Waals surface area (Å²) in [4.78, 5) is 13.2. The largest absolute Gasteiger partial charge is 0.390 e. The van der Waals surface area contributed by atoms with Gasteiger partial charge in [-0.15, -0.1) is 0 Å². The van der Waals surface area contributed by atoms with Gasteiger partial charge in [0.15, 0.2) is 0 Å². The molecule has 1 fully saturated rings. The maximum absolute atomic E-state index is 13.3. The number of aromatic nitrogens is 3. The third-order valence-electron chi connectivity index (χ3n) is 5.76. The SMILES string of the molecule is C[C@]1(O)CC[C@@H](Nc2nc(NCc3cccnc3-c3ccc(F)cc3)ncc2C#N)CC1. The van der Waals surface area contributed by atoms with Crippen molar-refractivity contribution in [2.75, 3.05) is 10.6 Å². The number of anilines is 2. The van der Waals surface area contributed by atoms with Crippen LogP contribution in [0.2, 0.25) is 0 Å². The average Bonchev–Trinajstić information content (AvgIpc) is 2.80. The van der Waals surface area contributed by atoms with Crippen LogP contribution in [-0.2, 0) is 6.54 Å². The Balaban J connectivity index is 1.48. The summed E-state index contributed by atoms with van der Waals surface area (Å²) in [5, 5.41) is 26.2. The number of nitrogens with zero attached hydrogens (tertiary/aromatic N) is 4. The van der Waals surface area contributed by atoms with Gasteiger partial charge in [0.2, 0.25) is 5.95 Å². The van der Waals surface area contributed by atoms with Crippen LogP contribution in [0.25, 0.3) is 11.3 Å². The zero-order valence-electron chi connectivity index (χ0n) is 17.8. The Morgan fingerprint density at radius 2 is 1.94 bits per heavy atom. The van der Waals surface area contributed by atoms with Crippen LogP contribution < -0.4 is 10.6 Å². The Morgan fingerprint density at radius 1 is 1.19 bits per heavy atom. The van der Waals surface area contributed by atoms with Crippen molar-refractivity contribution in [3.8, 4) is 17.3 Å². The zero-order chi connectivity index (χ0) is 22.6. The standard InChI is InChI=1S/C24H25FN6O/c1-24(32)10-8-20(9-11-24)30-22-18(13-26)15-29-23(31-22)28-14-17-3-2-12-27-21(17)16-4-6-19(25)7-5-16/h2-7,12,15,20,32H,8-11,14H2,1H3,(H2,28,29,30,31)/t20-,24+. The molecule has 7 nitrogen and oxygen atoms in total. The van der Waals surface area contributed by atoms with E-state index in [9.17, 15) is 14.8 Å². The van der Waals surface area contributed by atoms with Crippen LogP contribution in [0.1, 0.15) is 43.7 Å². The summed E-state index contributed by atoms with van der Waals surface area (Å²) in [6.07, 6.45) is 6.22. The Bertz CT molecular complexity index is 1120. The van der Waals surface area contributed by atoms with E-state index in [-0.39, 0.29) is 11.9 Å². The minimum atomic E-state index is -0.624. The first kappa shape index (κ1) is 21.7. The average molecular weight is 433 g/mol. The molecule has 0 amide bonds. The molecule has 0 spiro atoms. The monoisotopic (exact) mass is 432 g/mol. The molecule has 32 heavy (non-hydrogen) atoms. The maximum atomic E-state index is 13.3. The molecule has 1 aromatic carbocycles. The lowest BCUT2D eigenvalue weighted by atomic mass is 9.83. The number of pyridine rings is 1. The van der Waals surface area contributed by atoms with Gasteiger partial charge in [0, 0.05) is 24.3 Å². The summed E-state index contributed by atoms with van der Waals surface area (Å²) >= 11 is 0. The van der Waals surface area contributed by atoms with Gasteiger partial charge in [-0.3, -0.25) is 4.98 Å². The second-order valence-electron chi connectivity index (χ2n) is 8.35. The minimum absolute atomic E-state index is 0.147. The highest BCUT2D eigenvalue weighted by molar-refractivity contribution is 5.63. The number of hydrogen-bond acceptors (Lipinski definition) is 7. The van der Waals surface area contributed by atoms with Gasteiger partial charge in [-0.25, -0.2) is 9.37 Å². The second kappa shape index (κ2) is 9.28. The molecular formula is C24H25FN6O. The van der Waals surface area contributed by atoms with Crippen molar-refractivity contribution in [3.63, 3.8) is 0 Å². The summed E-state index contributed by atoms with van der Waals surface area (Å²) in [5.41, 5.74) is 2.24. The zero-order valence-corrected chi connectivity index (χ0v) is 17.8. The van der Waals surface area contributed by atoms with Crippen molar-refractivity contribution in [2.24, 2.45) is 0 Å². The number of halogens is 1. The Labute approximate surface area is 186 Å². The van der Waals surface area contributed by atoms with E-state index in [0.717, 1.165) is 29.7 Å². The quantitative estimate of drug-likeness (QED) is 0.534. The molecule has 3 aromatic rings. The lowest BCUT2D eigenvalue weighted by Crippen LogP contribution is -2.36. The van der Waals surface area contributed by atoms with Gasteiger partial charge in [0.1, 0.15) is 23.3 Å². The first-order valence-electron chi connectivity index (χ1n) is 10.6. The van der Waals surface area contributed by atoms with Gasteiger partial charge in [0.05, 0.1) is 17.5 Å². The molecule has 2 heterocycles. The smallest absolute Gasteiger partial charge is 0.224 e. The van der Waals surface area contributed by atoms with Crippen molar-refractivity contribution in [1.82, 2.24) is 15.0 Å². The van der Waals surface area contributed by atoms with E-state index in [1.807, 2.05) is 19.1 Å². The molecule has 0 bridgehead atoms. The van der Waals surface area contributed by atoms with Crippen LogP contribution in [0.5, 0.6) is 0 Å². The molecule has 4 rings (SSSR count). The van der Waals surface area contributed by atoms with E-state index >= 15 is 0 Å². The summed E-state index contributed by atoms with van der Waals surface area (Å²) < 4.78 is 13.3. The molecule has 0 saturated heterocycles. The molecule has 3 N–H and O–H groups in total. The maximum Gasteiger partial charge on any atom is 0.224 e. The van der Waals surface area contributed by atoms with Crippen LogP contribution in [0.3, 0.4) is 0 Å². The minimum Gasteiger partial charge on any atom is -0.390 e. The van der Waals surface area contributed by atoms with Crippen LogP contribution >= 0.6 is 0 Å². The lowest BCUT2D eigenvalue weighted by molar-refractivity contribution is 0.0196. The topological polar surface area (TPSA) is 107 Å². The van der Waals surface area contributed by atoms with E-state index in [0.29, 0.717) is 36.7 Å². The van der Waals surface area contributed by atoms with E-state index in [1.54, 1.807) is 18.3 Å². The van der Waals surface area contributed by atoms with Crippen molar-refractivity contribution in [2.45, 2.75) is 50.8 Å². The molecule has 2 aromatic heterocycles. The first-order chi connectivity index (χ1) is 15.4. The molecule has 0 unspecified atom stereocenters. The Kier molecular flexibility index (Phi) is 6.28. The highest BCUT2D eigenvalue weighted by Crippen LogP contribution is 2.30. The number of benzene rings is 1. The van der Waals surface area contributed by atoms with E-state index < -0.39 is 5.60 Å². The van der Waals surface area contributed by atoms with Crippen LogP contribution in [0.15, 0.2) is 48.8 Å². The summed E-state index contributed by atoms with van der Waals surface area (Å²) in [5.74, 6) is 0.585. The second-order valence-corrected chi connectivity index (χ2v) is 8.35.